The number of allylic oxidation sites excluding steroid dienone is 7. The summed E-state index contributed by atoms with van der Waals surface area (Å²) in [5, 5.41) is 28.5. The minimum absolute atomic E-state index is 0.0875. The van der Waals surface area contributed by atoms with Crippen molar-refractivity contribution < 1.29 is 19.3 Å². The molecule has 2 atom stereocenters. The van der Waals surface area contributed by atoms with E-state index in [4.69, 9.17) is 9.05 Å². The highest BCUT2D eigenvalue weighted by atomic mass is 31.1. The first-order valence-electron chi connectivity index (χ1n) is 18.5. The van der Waals surface area contributed by atoms with Gasteiger partial charge >= 0.3 is 0 Å². The summed E-state index contributed by atoms with van der Waals surface area (Å²) in [7, 11) is -3.32. The second-order valence-corrected chi connectivity index (χ2v) is 17.5. The van der Waals surface area contributed by atoms with Crippen LogP contribution in [0.15, 0.2) is 161 Å². The van der Waals surface area contributed by atoms with E-state index in [0.29, 0.717) is 28.2 Å². The lowest BCUT2D eigenvalue weighted by Gasteiger charge is -2.38. The molecule has 54 heavy (non-hydrogen) atoms. The molecule has 5 aromatic rings. The molecule has 3 aliphatic carbocycles. The maximum Gasteiger partial charge on any atom is 0.156 e. The van der Waals surface area contributed by atoms with Crippen LogP contribution in [0, 0.1) is 0 Å². The average Bonchev–Trinajstić information content (AvgIpc) is 3.23. The molecule has 0 radical (unpaired) electrons. The molecule has 0 spiro atoms. The molecule has 2 aliphatic heterocycles. The summed E-state index contributed by atoms with van der Waals surface area (Å²) in [4.78, 5) is 0. The Morgan fingerprint density at radius 3 is 2.02 bits per heavy atom. The molecule has 2 unspecified atom stereocenters. The van der Waals surface area contributed by atoms with Crippen molar-refractivity contribution in [3.63, 3.8) is 0 Å². The molecule has 5 aromatic carbocycles. The third-order valence-electron chi connectivity index (χ3n) is 10.8. The Morgan fingerprint density at radius 2 is 1.26 bits per heavy atom. The maximum absolute atomic E-state index is 12.6. The molecule has 0 saturated heterocycles. The quantitative estimate of drug-likeness (QED) is 0.101. The number of hydrogen-bond acceptors (Lipinski definition) is 4. The Kier molecular flexibility index (Phi) is 8.37. The van der Waals surface area contributed by atoms with Crippen molar-refractivity contribution in [1.29, 1.82) is 0 Å². The lowest BCUT2D eigenvalue weighted by Crippen LogP contribution is -2.33. The fraction of sp³-hybridized carbons (Fsp3) is 0.125. The summed E-state index contributed by atoms with van der Waals surface area (Å²) in [6.07, 6.45) is 15.4. The molecular weight excluding hydrogens is 702 g/mol. The van der Waals surface area contributed by atoms with Gasteiger partial charge in [-0.25, -0.2) is 0 Å². The van der Waals surface area contributed by atoms with Crippen LogP contribution in [-0.4, -0.2) is 10.2 Å². The average molecular weight is 739 g/mol. The molecule has 262 valence electrons. The molecule has 6 heteroatoms. The second-order valence-electron chi connectivity index (χ2n) is 14.1. The van der Waals surface area contributed by atoms with Gasteiger partial charge in [-0.05, 0) is 64.7 Å². The van der Waals surface area contributed by atoms with Crippen molar-refractivity contribution in [3.8, 4) is 28.4 Å². The highest BCUT2D eigenvalue weighted by Gasteiger charge is 2.43. The number of rotatable bonds is 6. The third kappa shape index (κ3) is 5.54. The topological polar surface area (TPSA) is 58.9 Å². The van der Waals surface area contributed by atoms with E-state index < -0.39 is 16.3 Å². The van der Waals surface area contributed by atoms with Crippen molar-refractivity contribution in [2.75, 3.05) is 0 Å². The van der Waals surface area contributed by atoms with E-state index in [-0.39, 0.29) is 11.5 Å². The van der Waals surface area contributed by atoms with Crippen LogP contribution in [0.1, 0.15) is 53.5 Å². The molecule has 0 fully saturated rings. The zero-order valence-corrected chi connectivity index (χ0v) is 31.3. The Labute approximate surface area is 317 Å². The molecule has 0 saturated carbocycles. The molecule has 0 bridgehead atoms. The van der Waals surface area contributed by atoms with Gasteiger partial charge in [0.05, 0.1) is 10.6 Å². The highest BCUT2D eigenvalue weighted by Crippen LogP contribution is 2.62. The van der Waals surface area contributed by atoms with Crippen LogP contribution >= 0.6 is 16.3 Å². The number of aromatic hydroxyl groups is 2. The molecule has 0 amide bonds. The van der Waals surface area contributed by atoms with Crippen molar-refractivity contribution in [3.05, 3.63) is 188 Å². The molecule has 2 heterocycles. The predicted molar refractivity (Wildman–Crippen MR) is 221 cm³/mol. The fourth-order valence-electron chi connectivity index (χ4n) is 8.30. The third-order valence-corrected chi connectivity index (χ3v) is 15.1. The van der Waals surface area contributed by atoms with Crippen LogP contribution in [0.3, 0.4) is 0 Å². The van der Waals surface area contributed by atoms with Crippen molar-refractivity contribution >= 4 is 44.4 Å². The summed E-state index contributed by atoms with van der Waals surface area (Å²) in [5.41, 5.74) is 16.4. The van der Waals surface area contributed by atoms with Crippen LogP contribution in [0.25, 0.3) is 23.3 Å². The largest absolute Gasteiger partial charge is 0.506 e. The Hall–Kier alpha value is -5.58. The zero-order chi connectivity index (χ0) is 36.2. The number of benzene rings is 5. The first-order chi connectivity index (χ1) is 26.6. The van der Waals surface area contributed by atoms with E-state index >= 15 is 0 Å². The van der Waals surface area contributed by atoms with Gasteiger partial charge in [0.2, 0.25) is 0 Å². The van der Waals surface area contributed by atoms with E-state index in [1.807, 2.05) is 18.2 Å². The summed E-state index contributed by atoms with van der Waals surface area (Å²) in [5.74, 6) is 1.92. The van der Waals surface area contributed by atoms with Gasteiger partial charge < -0.3 is 19.3 Å². The number of hydrogen-bond donors (Lipinski definition) is 2. The Bertz CT molecular complexity index is 2600. The Morgan fingerprint density at radius 1 is 0.611 bits per heavy atom. The van der Waals surface area contributed by atoms with Crippen molar-refractivity contribution in [1.82, 2.24) is 0 Å². The summed E-state index contributed by atoms with van der Waals surface area (Å²) >= 11 is 0. The van der Waals surface area contributed by atoms with Gasteiger partial charge in [-0.2, -0.15) is 0 Å². The van der Waals surface area contributed by atoms with Gasteiger partial charge in [0.1, 0.15) is 23.0 Å². The second kappa shape index (κ2) is 13.7. The number of phenolic OH excluding ortho intramolecular Hbond substituents is 2. The minimum atomic E-state index is -1.69. The molecule has 5 aliphatic rings. The first kappa shape index (κ1) is 33.0. The monoisotopic (exact) mass is 738 g/mol. The molecule has 4 nitrogen and oxygen atoms in total. The van der Waals surface area contributed by atoms with Crippen LogP contribution in [0.5, 0.6) is 17.2 Å². The fourth-order valence-corrected chi connectivity index (χ4v) is 13.1. The number of phenols is 2. The van der Waals surface area contributed by atoms with Crippen LogP contribution < -0.4 is 20.4 Å². The number of fused-ring (bicyclic) bond motifs is 5. The van der Waals surface area contributed by atoms with Crippen LogP contribution in [-0.2, 0) is 17.4 Å². The van der Waals surface area contributed by atoms with E-state index in [1.54, 1.807) is 12.2 Å². The number of para-hydroxylation sites is 1. The first-order valence-corrected chi connectivity index (χ1v) is 21.0. The lowest BCUT2D eigenvalue weighted by molar-refractivity contribution is 0.455. The van der Waals surface area contributed by atoms with E-state index in [1.165, 1.54) is 27.8 Å². The van der Waals surface area contributed by atoms with Gasteiger partial charge in [0, 0.05) is 52.3 Å². The summed E-state index contributed by atoms with van der Waals surface area (Å²) in [6.45, 7) is 0. The maximum atomic E-state index is 12.6. The predicted octanol–water partition coefficient (Wildman–Crippen LogP) is 10.8. The molecule has 10 rings (SSSR count). The molecular formula is C48H36O4P2. The smallest absolute Gasteiger partial charge is 0.156 e. The van der Waals surface area contributed by atoms with Gasteiger partial charge in [0.25, 0.3) is 0 Å². The van der Waals surface area contributed by atoms with Gasteiger partial charge in [-0.1, -0.05) is 133 Å². The Balaban J connectivity index is 1.17. The van der Waals surface area contributed by atoms with E-state index in [0.717, 1.165) is 70.9 Å². The van der Waals surface area contributed by atoms with Gasteiger partial charge in [-0.3, -0.25) is 0 Å². The summed E-state index contributed by atoms with van der Waals surface area (Å²) < 4.78 is 14.6. The van der Waals surface area contributed by atoms with Gasteiger partial charge in [-0.15, -0.1) is 0 Å². The lowest BCUT2D eigenvalue weighted by atomic mass is 9.86. The van der Waals surface area contributed by atoms with Crippen molar-refractivity contribution in [2.45, 2.75) is 38.5 Å². The van der Waals surface area contributed by atoms with E-state index in [9.17, 15) is 10.2 Å². The molecule has 2 N–H and O–H groups in total. The van der Waals surface area contributed by atoms with Crippen LogP contribution in [0.2, 0.25) is 0 Å². The highest BCUT2D eigenvalue weighted by molar-refractivity contribution is 7.74. The zero-order valence-electron chi connectivity index (χ0n) is 29.5. The minimum Gasteiger partial charge on any atom is -0.506 e. The van der Waals surface area contributed by atoms with Crippen LogP contribution in [0.4, 0.5) is 0 Å². The molecule has 0 aromatic heterocycles. The normalized spacial score (nSPS) is 18.9. The summed E-state index contributed by atoms with van der Waals surface area (Å²) in [6, 6.07) is 35.7. The van der Waals surface area contributed by atoms with Gasteiger partial charge in [0.15, 0.2) is 16.3 Å². The van der Waals surface area contributed by atoms with E-state index in [2.05, 4.69) is 115 Å². The SMILES string of the molecule is Oc1c2c(c(O)c(P3Oc4c(Cc5ccccc5)cccc4-c4ccccc43)c1P1OC3=C(CCC=C3Cc3ccccc3)C3=C1C=CCC3)C=C=C=C2. The standard InChI is InChI=1S/C48H36O4P2/c49-43-37-23-7-8-24-38(37)44(50)48(54-42-28-12-10-22-36(42)40-26-14-20-34(46(40)52-54)30-32-17-5-2-6-18-32)47(43)53-41-27-11-9-21-35(41)39-25-13-19-33(45(39)51-53)29-31-15-3-1-4-16-31/h1-6,9,11-13,15-21,23-25,27-28,49-50H,10,14,22,26,29-30H2. The van der Waals surface area contributed by atoms with Crippen molar-refractivity contribution in [2.24, 2.45) is 0 Å².